The van der Waals surface area contributed by atoms with Crippen molar-refractivity contribution in [3.05, 3.63) is 55.1 Å². The Labute approximate surface area is 187 Å². The molecule has 0 aliphatic rings. The first-order valence-electron chi connectivity index (χ1n) is 10.7. The largest absolute Gasteiger partial charge is 0.394 e. The Morgan fingerprint density at radius 1 is 1.00 bits per heavy atom. The second kappa shape index (κ2) is 9.23. The third kappa shape index (κ3) is 4.65. The van der Waals surface area contributed by atoms with Gasteiger partial charge in [-0.25, -0.2) is 4.98 Å². The van der Waals surface area contributed by atoms with Crippen LogP contribution in [0.2, 0.25) is 0 Å². The fourth-order valence-electron chi connectivity index (χ4n) is 3.57. The van der Waals surface area contributed by atoms with Gasteiger partial charge in [0.25, 0.3) is 0 Å². The highest BCUT2D eigenvalue weighted by atomic mass is 16.3. The Balaban J connectivity index is 1.66. The van der Waals surface area contributed by atoms with Crippen LogP contribution in [0.4, 0.5) is 11.8 Å². The van der Waals surface area contributed by atoms with Gasteiger partial charge in [-0.1, -0.05) is 19.8 Å². The van der Waals surface area contributed by atoms with Gasteiger partial charge in [0.1, 0.15) is 5.82 Å². The van der Waals surface area contributed by atoms with E-state index in [0.717, 1.165) is 47.2 Å². The summed E-state index contributed by atoms with van der Waals surface area (Å²) in [4.78, 5) is 22.0. The number of nitrogens with one attached hydrogen (secondary N) is 1. The predicted molar refractivity (Wildman–Crippen MR) is 127 cm³/mol. The topological polar surface area (TPSA) is 123 Å². The summed E-state index contributed by atoms with van der Waals surface area (Å²) in [6.45, 7) is 4.09. The van der Waals surface area contributed by atoms with E-state index in [4.69, 9.17) is 5.73 Å². The zero-order valence-electron chi connectivity index (χ0n) is 18.3. The van der Waals surface area contributed by atoms with Gasteiger partial charge in [-0.2, -0.15) is 4.98 Å². The Morgan fingerprint density at radius 3 is 2.47 bits per heavy atom. The first-order chi connectivity index (χ1) is 15.5. The molecule has 8 heteroatoms. The SMILES string of the molecule is CCCC[C@](C)(CO)Nc1nc(N)nc2cc(-c3ccc(-c4ccncc4)nc3)ncc12. The maximum absolute atomic E-state index is 9.95. The van der Waals surface area contributed by atoms with Gasteiger partial charge in [0.2, 0.25) is 5.95 Å². The van der Waals surface area contributed by atoms with E-state index in [1.807, 2.05) is 37.3 Å². The van der Waals surface area contributed by atoms with Crippen LogP contribution in [-0.2, 0) is 0 Å². The van der Waals surface area contributed by atoms with Crippen LogP contribution in [0.5, 0.6) is 0 Å². The number of fused-ring (bicyclic) bond motifs is 1. The van der Waals surface area contributed by atoms with E-state index in [1.54, 1.807) is 24.8 Å². The lowest BCUT2D eigenvalue weighted by atomic mass is 9.95. The second-order valence-corrected chi connectivity index (χ2v) is 8.13. The lowest BCUT2D eigenvalue weighted by Gasteiger charge is -2.29. The summed E-state index contributed by atoms with van der Waals surface area (Å²) in [5.74, 6) is 0.740. The van der Waals surface area contributed by atoms with Gasteiger partial charge in [0.15, 0.2) is 0 Å². The lowest BCUT2D eigenvalue weighted by molar-refractivity contribution is 0.212. The molecule has 164 valence electrons. The van der Waals surface area contributed by atoms with Crippen LogP contribution in [0.25, 0.3) is 33.4 Å². The normalized spacial score (nSPS) is 13.1. The van der Waals surface area contributed by atoms with Crippen LogP contribution < -0.4 is 11.1 Å². The average Bonchev–Trinajstić information content (AvgIpc) is 2.83. The van der Waals surface area contributed by atoms with Crippen LogP contribution in [0.15, 0.2) is 55.1 Å². The van der Waals surface area contributed by atoms with Crippen LogP contribution in [0.1, 0.15) is 33.1 Å². The van der Waals surface area contributed by atoms with Crippen LogP contribution >= 0.6 is 0 Å². The number of pyridine rings is 3. The summed E-state index contributed by atoms with van der Waals surface area (Å²) in [5, 5.41) is 14.1. The van der Waals surface area contributed by atoms with E-state index < -0.39 is 5.54 Å². The van der Waals surface area contributed by atoms with Crippen LogP contribution in [0.3, 0.4) is 0 Å². The monoisotopic (exact) mass is 429 g/mol. The Hall–Kier alpha value is -3.65. The van der Waals surface area contributed by atoms with Crippen molar-refractivity contribution in [3.63, 3.8) is 0 Å². The lowest BCUT2D eigenvalue weighted by Crippen LogP contribution is -2.39. The van der Waals surface area contributed by atoms with Gasteiger partial charge in [-0.05, 0) is 43.7 Å². The van der Waals surface area contributed by atoms with Gasteiger partial charge >= 0.3 is 0 Å². The van der Waals surface area contributed by atoms with E-state index in [2.05, 4.69) is 37.2 Å². The summed E-state index contributed by atoms with van der Waals surface area (Å²) in [6.07, 6.45) is 9.87. The minimum absolute atomic E-state index is 0.0145. The van der Waals surface area contributed by atoms with Crippen molar-refractivity contribution >= 4 is 22.7 Å². The number of nitrogens with two attached hydrogens (primary N) is 1. The maximum Gasteiger partial charge on any atom is 0.222 e. The molecule has 0 aromatic carbocycles. The molecule has 1 atom stereocenters. The quantitative estimate of drug-likeness (QED) is 0.383. The number of nitrogen functional groups attached to an aromatic ring is 1. The maximum atomic E-state index is 9.95. The zero-order chi connectivity index (χ0) is 22.6. The first kappa shape index (κ1) is 21.6. The number of aromatic nitrogens is 5. The van der Waals surface area contributed by atoms with Gasteiger partial charge < -0.3 is 16.2 Å². The van der Waals surface area contributed by atoms with Crippen LogP contribution in [-0.4, -0.2) is 42.2 Å². The minimum atomic E-state index is -0.505. The molecule has 0 saturated heterocycles. The molecule has 4 aromatic rings. The van der Waals surface area contributed by atoms with Gasteiger partial charge in [0, 0.05) is 35.9 Å². The highest BCUT2D eigenvalue weighted by molar-refractivity contribution is 5.91. The fraction of sp³-hybridized carbons (Fsp3) is 0.292. The standard InChI is InChI=1S/C24H27N7O/c1-3-4-9-24(2,15-32)31-22-18-14-28-20(12-21(18)29-23(25)30-22)17-5-6-19(27-13-17)16-7-10-26-11-8-16/h5-8,10-14,32H,3-4,9,15H2,1-2H3,(H3,25,29,30,31)/t24-/m1/s1. The van der Waals surface area contributed by atoms with Gasteiger partial charge in [0.05, 0.1) is 34.4 Å². The molecule has 0 aliphatic heterocycles. The molecule has 0 fully saturated rings. The smallest absolute Gasteiger partial charge is 0.222 e. The van der Waals surface area contributed by atoms with Crippen molar-refractivity contribution < 1.29 is 5.11 Å². The van der Waals surface area contributed by atoms with Gasteiger partial charge in [-0.3, -0.25) is 15.0 Å². The number of nitrogens with zero attached hydrogens (tertiary/aromatic N) is 5. The number of hydrogen-bond donors (Lipinski definition) is 3. The number of rotatable bonds is 8. The third-order valence-corrected chi connectivity index (χ3v) is 5.49. The number of aliphatic hydroxyl groups excluding tert-OH is 1. The zero-order valence-corrected chi connectivity index (χ0v) is 18.3. The van der Waals surface area contributed by atoms with Crippen molar-refractivity contribution in [2.24, 2.45) is 0 Å². The molecular weight excluding hydrogens is 402 g/mol. The summed E-state index contributed by atoms with van der Waals surface area (Å²) >= 11 is 0. The van der Waals surface area contributed by atoms with E-state index in [1.165, 1.54) is 0 Å². The summed E-state index contributed by atoms with van der Waals surface area (Å²) in [5.41, 5.74) is 9.66. The molecule has 0 unspecified atom stereocenters. The molecule has 0 amide bonds. The average molecular weight is 430 g/mol. The van der Waals surface area contributed by atoms with Crippen molar-refractivity contribution in [1.29, 1.82) is 0 Å². The predicted octanol–water partition coefficient (Wildman–Crippen LogP) is 4.08. The summed E-state index contributed by atoms with van der Waals surface area (Å²) in [6, 6.07) is 9.66. The number of aliphatic hydroxyl groups is 1. The van der Waals surface area contributed by atoms with Crippen molar-refractivity contribution in [2.45, 2.75) is 38.6 Å². The molecule has 0 bridgehead atoms. The number of hydrogen-bond acceptors (Lipinski definition) is 8. The molecule has 0 aliphatic carbocycles. The first-order valence-corrected chi connectivity index (χ1v) is 10.7. The third-order valence-electron chi connectivity index (χ3n) is 5.49. The molecule has 0 saturated carbocycles. The molecule has 32 heavy (non-hydrogen) atoms. The van der Waals surface area contributed by atoms with E-state index >= 15 is 0 Å². The Kier molecular flexibility index (Phi) is 6.23. The molecule has 4 N–H and O–H groups in total. The highest BCUT2D eigenvalue weighted by Crippen LogP contribution is 2.29. The van der Waals surface area contributed by atoms with Crippen molar-refractivity contribution in [3.8, 4) is 22.5 Å². The van der Waals surface area contributed by atoms with E-state index in [0.29, 0.717) is 11.3 Å². The second-order valence-electron chi connectivity index (χ2n) is 8.13. The molecular formula is C24H27N7O. The molecule has 0 spiro atoms. The van der Waals surface area contributed by atoms with E-state index in [9.17, 15) is 5.11 Å². The van der Waals surface area contributed by atoms with Gasteiger partial charge in [-0.15, -0.1) is 0 Å². The molecule has 0 radical (unpaired) electrons. The van der Waals surface area contributed by atoms with Crippen molar-refractivity contribution in [1.82, 2.24) is 24.9 Å². The molecule has 4 heterocycles. The van der Waals surface area contributed by atoms with Crippen molar-refractivity contribution in [2.75, 3.05) is 17.7 Å². The molecule has 4 aromatic heterocycles. The molecule has 8 nitrogen and oxygen atoms in total. The van der Waals surface area contributed by atoms with E-state index in [-0.39, 0.29) is 12.6 Å². The highest BCUT2D eigenvalue weighted by Gasteiger charge is 2.24. The fourth-order valence-corrected chi connectivity index (χ4v) is 3.57. The summed E-state index contributed by atoms with van der Waals surface area (Å²) in [7, 11) is 0. The number of unbranched alkanes of at least 4 members (excludes halogenated alkanes) is 1. The summed E-state index contributed by atoms with van der Waals surface area (Å²) < 4.78 is 0. The Morgan fingerprint density at radius 2 is 1.78 bits per heavy atom. The number of anilines is 2. The van der Waals surface area contributed by atoms with Crippen LogP contribution in [0, 0.1) is 0 Å². The minimum Gasteiger partial charge on any atom is -0.394 e. The molecule has 4 rings (SSSR count). The Bertz CT molecular complexity index is 1200.